The lowest BCUT2D eigenvalue weighted by atomic mass is 10.0. The third-order valence-electron chi connectivity index (χ3n) is 2.46. The molecule has 3 heteroatoms. The summed E-state index contributed by atoms with van der Waals surface area (Å²) in [4.78, 5) is 11.5. The second kappa shape index (κ2) is 7.14. The first kappa shape index (κ1) is 12.9. The van der Waals surface area contributed by atoms with Crippen LogP contribution in [0.5, 0.6) is 0 Å². The molecule has 3 nitrogen and oxygen atoms in total. The Bertz CT molecular complexity index is 308. The first-order chi connectivity index (χ1) is 7.72. The number of carbonyl (C=O) groups excluding carboxylic acids is 1. The van der Waals surface area contributed by atoms with Gasteiger partial charge in [0.25, 0.3) is 0 Å². The van der Waals surface area contributed by atoms with Gasteiger partial charge in [-0.1, -0.05) is 30.3 Å². The van der Waals surface area contributed by atoms with Crippen LogP contribution in [0.3, 0.4) is 0 Å². The van der Waals surface area contributed by atoms with E-state index >= 15 is 0 Å². The Morgan fingerprint density at radius 3 is 2.56 bits per heavy atom. The molecule has 0 bridgehead atoms. The number of hydrogen-bond acceptors (Lipinski definition) is 3. The van der Waals surface area contributed by atoms with Crippen LogP contribution in [0.1, 0.15) is 24.8 Å². The molecule has 0 aliphatic heterocycles. The van der Waals surface area contributed by atoms with Gasteiger partial charge in [0, 0.05) is 19.4 Å². The van der Waals surface area contributed by atoms with Gasteiger partial charge in [0.2, 0.25) is 0 Å². The zero-order valence-corrected chi connectivity index (χ0v) is 9.30. The fourth-order valence-electron chi connectivity index (χ4n) is 1.54. The molecule has 16 heavy (non-hydrogen) atoms. The number of benzene rings is 1. The molecule has 1 unspecified atom stereocenters. The molecule has 1 aromatic rings. The van der Waals surface area contributed by atoms with E-state index in [1.807, 2.05) is 30.3 Å². The van der Waals surface area contributed by atoms with Gasteiger partial charge in [0.1, 0.15) is 5.78 Å². The molecule has 1 aromatic carbocycles. The van der Waals surface area contributed by atoms with Crippen LogP contribution >= 0.6 is 0 Å². The predicted octanol–water partition coefficient (Wildman–Crippen LogP) is 1.32. The Balaban J connectivity index is 2.25. The molecule has 0 aliphatic rings. The summed E-state index contributed by atoms with van der Waals surface area (Å²) in [5.74, 6) is 0.0461. The Labute approximate surface area is 95.7 Å². The molecule has 0 fully saturated rings. The molecule has 0 radical (unpaired) electrons. The largest absolute Gasteiger partial charge is 0.396 e. The molecule has 88 valence electrons. The molecule has 1 atom stereocenters. The van der Waals surface area contributed by atoms with Crippen LogP contribution in [-0.4, -0.2) is 28.7 Å². The van der Waals surface area contributed by atoms with E-state index in [-0.39, 0.29) is 25.2 Å². The smallest absolute Gasteiger partial charge is 0.135 e. The van der Waals surface area contributed by atoms with E-state index in [9.17, 15) is 9.90 Å². The van der Waals surface area contributed by atoms with Crippen LogP contribution in [0, 0.1) is 0 Å². The summed E-state index contributed by atoms with van der Waals surface area (Å²) in [6, 6.07) is 9.80. The van der Waals surface area contributed by atoms with Gasteiger partial charge >= 0.3 is 0 Å². The fraction of sp³-hybridized carbons (Fsp3) is 0.462. The van der Waals surface area contributed by atoms with E-state index in [2.05, 4.69) is 0 Å². The zero-order valence-electron chi connectivity index (χ0n) is 9.30. The quantitative estimate of drug-likeness (QED) is 0.731. The Kier molecular flexibility index (Phi) is 5.75. The van der Waals surface area contributed by atoms with E-state index in [1.165, 1.54) is 0 Å². The maximum atomic E-state index is 11.5. The molecule has 2 N–H and O–H groups in total. The summed E-state index contributed by atoms with van der Waals surface area (Å²) in [6.07, 6.45) is 0.885. The van der Waals surface area contributed by atoms with Gasteiger partial charge < -0.3 is 10.2 Å². The minimum Gasteiger partial charge on any atom is -0.396 e. The normalized spacial score (nSPS) is 12.4. The molecular formula is C13H18O3. The summed E-state index contributed by atoms with van der Waals surface area (Å²) in [6.45, 7) is -0.0763. The van der Waals surface area contributed by atoms with E-state index in [0.29, 0.717) is 12.8 Å². The highest BCUT2D eigenvalue weighted by molar-refractivity contribution is 5.79. The van der Waals surface area contributed by atoms with Gasteiger partial charge in [-0.2, -0.15) is 0 Å². The van der Waals surface area contributed by atoms with E-state index in [0.717, 1.165) is 5.56 Å². The third kappa shape index (κ3) is 5.05. The molecule has 1 rings (SSSR count). The third-order valence-corrected chi connectivity index (χ3v) is 2.46. The zero-order chi connectivity index (χ0) is 11.8. The van der Waals surface area contributed by atoms with Crippen LogP contribution < -0.4 is 0 Å². The van der Waals surface area contributed by atoms with Gasteiger partial charge in [-0.3, -0.25) is 4.79 Å². The number of Topliss-reactive ketones (excluding diaryl/α,β-unsaturated/α-hetero) is 1. The van der Waals surface area contributed by atoms with Crippen molar-refractivity contribution in [2.24, 2.45) is 0 Å². The van der Waals surface area contributed by atoms with Crippen molar-refractivity contribution in [1.82, 2.24) is 0 Å². The lowest BCUT2D eigenvalue weighted by molar-refractivity contribution is -0.121. The average molecular weight is 222 g/mol. The van der Waals surface area contributed by atoms with Crippen LogP contribution in [0.25, 0.3) is 0 Å². The van der Waals surface area contributed by atoms with E-state index in [4.69, 9.17) is 5.11 Å². The highest BCUT2D eigenvalue weighted by atomic mass is 16.3. The first-order valence-corrected chi connectivity index (χ1v) is 5.57. The van der Waals surface area contributed by atoms with Gasteiger partial charge in [-0.25, -0.2) is 0 Å². The van der Waals surface area contributed by atoms with Crippen molar-refractivity contribution in [2.75, 3.05) is 6.61 Å². The minimum atomic E-state index is -0.701. The number of hydrogen-bond donors (Lipinski definition) is 2. The van der Waals surface area contributed by atoms with E-state index in [1.54, 1.807) is 0 Å². The molecule has 0 amide bonds. The van der Waals surface area contributed by atoms with Gasteiger partial charge in [0.15, 0.2) is 0 Å². The summed E-state index contributed by atoms with van der Waals surface area (Å²) in [5.41, 5.74) is 1.13. The van der Waals surface area contributed by atoms with Crippen molar-refractivity contribution < 1.29 is 15.0 Å². The van der Waals surface area contributed by atoms with Gasteiger partial charge in [0.05, 0.1) is 6.10 Å². The fourth-order valence-corrected chi connectivity index (χ4v) is 1.54. The SMILES string of the molecule is O=C(CCc1ccccc1)CC(O)CCO. The molecule has 0 aliphatic carbocycles. The molecule has 0 aromatic heterocycles. The number of carbonyl (C=O) groups is 1. The van der Waals surface area contributed by atoms with Crippen molar-refractivity contribution in [3.8, 4) is 0 Å². The number of aliphatic hydroxyl groups is 2. The number of ketones is 1. The van der Waals surface area contributed by atoms with E-state index < -0.39 is 6.10 Å². The summed E-state index contributed by atoms with van der Waals surface area (Å²) >= 11 is 0. The van der Waals surface area contributed by atoms with Crippen molar-refractivity contribution in [2.45, 2.75) is 31.8 Å². The lowest BCUT2D eigenvalue weighted by Gasteiger charge is -2.07. The van der Waals surface area contributed by atoms with Crippen molar-refractivity contribution >= 4 is 5.78 Å². The maximum Gasteiger partial charge on any atom is 0.135 e. The lowest BCUT2D eigenvalue weighted by Crippen LogP contribution is -2.15. The van der Waals surface area contributed by atoms with Crippen molar-refractivity contribution in [1.29, 1.82) is 0 Å². The second-order valence-corrected chi connectivity index (χ2v) is 3.89. The first-order valence-electron chi connectivity index (χ1n) is 5.57. The molecule has 0 heterocycles. The molecular weight excluding hydrogens is 204 g/mol. The molecule has 0 spiro atoms. The Morgan fingerprint density at radius 2 is 1.94 bits per heavy atom. The van der Waals surface area contributed by atoms with Crippen LogP contribution in [0.15, 0.2) is 30.3 Å². The second-order valence-electron chi connectivity index (χ2n) is 3.89. The van der Waals surface area contributed by atoms with Crippen molar-refractivity contribution in [3.63, 3.8) is 0 Å². The topological polar surface area (TPSA) is 57.5 Å². The Morgan fingerprint density at radius 1 is 1.25 bits per heavy atom. The van der Waals surface area contributed by atoms with Crippen molar-refractivity contribution in [3.05, 3.63) is 35.9 Å². The summed E-state index contributed by atoms with van der Waals surface area (Å²) in [7, 11) is 0. The Hall–Kier alpha value is -1.19. The molecule has 0 saturated heterocycles. The highest BCUT2D eigenvalue weighted by Gasteiger charge is 2.10. The number of aliphatic hydroxyl groups excluding tert-OH is 2. The highest BCUT2D eigenvalue weighted by Crippen LogP contribution is 2.06. The number of aryl methyl sites for hydroxylation is 1. The van der Waals surface area contributed by atoms with Crippen LogP contribution in [0.4, 0.5) is 0 Å². The summed E-state index contributed by atoms with van der Waals surface area (Å²) in [5, 5.41) is 17.9. The van der Waals surface area contributed by atoms with Crippen LogP contribution in [0.2, 0.25) is 0 Å². The van der Waals surface area contributed by atoms with Gasteiger partial charge in [-0.05, 0) is 18.4 Å². The maximum absolute atomic E-state index is 11.5. The predicted molar refractivity (Wildman–Crippen MR) is 62.1 cm³/mol. The molecule has 0 saturated carbocycles. The standard InChI is InChI=1S/C13H18O3/c14-9-8-13(16)10-12(15)7-6-11-4-2-1-3-5-11/h1-5,13-14,16H,6-10H2. The summed E-state index contributed by atoms with van der Waals surface area (Å²) < 4.78 is 0. The van der Waals surface area contributed by atoms with Crippen LogP contribution in [-0.2, 0) is 11.2 Å². The monoisotopic (exact) mass is 222 g/mol. The number of rotatable bonds is 7. The van der Waals surface area contributed by atoms with Gasteiger partial charge in [-0.15, -0.1) is 0 Å². The average Bonchev–Trinajstić information content (AvgIpc) is 2.28. The minimum absolute atomic E-state index is 0.0461.